The summed E-state index contributed by atoms with van der Waals surface area (Å²) < 4.78 is 0. The maximum atomic E-state index is 11.7. The molecule has 0 saturated heterocycles. The first-order valence-corrected chi connectivity index (χ1v) is 13.1. The van der Waals surface area contributed by atoms with Gasteiger partial charge in [-0.2, -0.15) is 0 Å². The predicted molar refractivity (Wildman–Crippen MR) is 159 cm³/mol. The number of carboxylic acids is 6. The van der Waals surface area contributed by atoms with E-state index in [0.717, 1.165) is 24.3 Å². The lowest BCUT2D eigenvalue weighted by Crippen LogP contribution is -2.32. The van der Waals surface area contributed by atoms with Crippen molar-refractivity contribution in [2.45, 2.75) is 12.8 Å². The first kappa shape index (κ1) is 33.8. The average Bonchev–Trinajstić information content (AvgIpc) is 3.03. The molecule has 2 aliphatic carbocycles. The molecule has 2 atom stereocenters. The van der Waals surface area contributed by atoms with Gasteiger partial charge in [-0.25, -0.2) is 19.2 Å². The molecule has 0 heterocycles. The molecule has 12 nitrogen and oxygen atoms in total. The Labute approximate surface area is 260 Å². The van der Waals surface area contributed by atoms with Crippen molar-refractivity contribution in [2.24, 2.45) is 10.8 Å². The lowest BCUT2D eigenvalue weighted by Gasteiger charge is -2.24. The van der Waals surface area contributed by atoms with Gasteiger partial charge in [0.15, 0.2) is 10.8 Å². The van der Waals surface area contributed by atoms with E-state index in [2.05, 4.69) is 23.7 Å². The Bertz CT molecular complexity index is 1720. The van der Waals surface area contributed by atoms with Gasteiger partial charge >= 0.3 is 35.8 Å². The Kier molecular flexibility index (Phi) is 10.5. The van der Waals surface area contributed by atoms with Gasteiger partial charge in [0.05, 0.1) is 11.1 Å². The molecule has 0 saturated carbocycles. The number of carbonyl (C=O) groups is 6. The third kappa shape index (κ3) is 8.24. The number of carboxylic acid groups (broad SMARTS) is 6. The maximum Gasteiger partial charge on any atom is 0.335 e. The first-order valence-electron chi connectivity index (χ1n) is 13.1. The summed E-state index contributed by atoms with van der Waals surface area (Å²) >= 11 is 0. The molecular weight excluding hydrogens is 600 g/mol. The summed E-state index contributed by atoms with van der Waals surface area (Å²) in [5, 5.41) is 55.4. The van der Waals surface area contributed by atoms with Crippen LogP contribution in [0.15, 0.2) is 107 Å². The minimum Gasteiger partial charge on any atom is -0.480 e. The van der Waals surface area contributed by atoms with Gasteiger partial charge < -0.3 is 30.6 Å². The van der Waals surface area contributed by atoms with E-state index in [0.29, 0.717) is 11.1 Å². The van der Waals surface area contributed by atoms with Gasteiger partial charge in [0.25, 0.3) is 0 Å². The minimum atomic E-state index is -1.90. The van der Waals surface area contributed by atoms with Crippen molar-refractivity contribution in [3.05, 3.63) is 118 Å². The van der Waals surface area contributed by atoms with Crippen LogP contribution >= 0.6 is 0 Å². The quantitative estimate of drug-likeness (QED) is 0.255. The summed E-state index contributed by atoms with van der Waals surface area (Å²) in [4.78, 5) is 68.0. The van der Waals surface area contributed by atoms with E-state index in [4.69, 9.17) is 20.4 Å². The molecule has 2 unspecified atom stereocenters. The molecule has 2 aromatic rings. The van der Waals surface area contributed by atoms with E-state index in [1.807, 2.05) is 0 Å². The van der Waals surface area contributed by atoms with Gasteiger partial charge in [0, 0.05) is 35.1 Å². The highest BCUT2D eigenvalue weighted by molar-refractivity contribution is 6.00. The smallest absolute Gasteiger partial charge is 0.335 e. The minimum absolute atomic E-state index is 0.310. The normalized spacial score (nSPS) is 19.7. The third-order valence-electron chi connectivity index (χ3n) is 6.62. The summed E-state index contributed by atoms with van der Waals surface area (Å²) in [7, 11) is 0. The molecule has 0 amide bonds. The zero-order valence-corrected chi connectivity index (χ0v) is 23.6. The summed E-state index contributed by atoms with van der Waals surface area (Å²) in [5.74, 6) is 2.04. The van der Waals surface area contributed by atoms with Crippen LogP contribution in [0, 0.1) is 34.5 Å². The standard InChI is InChI=1S/2C17H12O6/c2*18-14(19)12-8-13(15(20)21)10-17(9-12,16(22)23)7-6-11-4-2-1-3-5-11/h2*1-5,8-9H,10H2,(H,18,19)(H,20,21)(H,22,23). The molecule has 12 heteroatoms. The van der Waals surface area contributed by atoms with Crippen molar-refractivity contribution in [1.29, 1.82) is 0 Å². The summed E-state index contributed by atoms with van der Waals surface area (Å²) in [6.45, 7) is 0. The molecule has 4 rings (SSSR count). The van der Waals surface area contributed by atoms with Crippen LogP contribution in [0.5, 0.6) is 0 Å². The molecule has 0 aromatic heterocycles. The van der Waals surface area contributed by atoms with Crippen molar-refractivity contribution >= 4 is 35.8 Å². The van der Waals surface area contributed by atoms with Crippen LogP contribution in [0.3, 0.4) is 0 Å². The highest BCUT2D eigenvalue weighted by atomic mass is 16.4. The van der Waals surface area contributed by atoms with Crippen LogP contribution in [-0.4, -0.2) is 66.5 Å². The van der Waals surface area contributed by atoms with Gasteiger partial charge in [-0.05, 0) is 48.6 Å². The van der Waals surface area contributed by atoms with E-state index in [1.165, 1.54) is 0 Å². The summed E-state index contributed by atoms with van der Waals surface area (Å²) in [5.41, 5.74) is -4.13. The highest BCUT2D eigenvalue weighted by Gasteiger charge is 2.42. The van der Waals surface area contributed by atoms with E-state index >= 15 is 0 Å². The number of rotatable bonds is 6. The van der Waals surface area contributed by atoms with Crippen molar-refractivity contribution < 1.29 is 59.4 Å². The van der Waals surface area contributed by atoms with Crippen molar-refractivity contribution in [3.63, 3.8) is 0 Å². The van der Waals surface area contributed by atoms with E-state index in [1.54, 1.807) is 60.7 Å². The second-order valence-electron chi connectivity index (χ2n) is 9.90. The molecule has 0 aliphatic heterocycles. The van der Waals surface area contributed by atoms with Crippen molar-refractivity contribution in [3.8, 4) is 23.7 Å². The fourth-order valence-corrected chi connectivity index (χ4v) is 4.27. The van der Waals surface area contributed by atoms with Crippen LogP contribution in [0.2, 0.25) is 0 Å². The fourth-order valence-electron chi connectivity index (χ4n) is 4.27. The largest absolute Gasteiger partial charge is 0.480 e. The molecule has 0 bridgehead atoms. The Hall–Kier alpha value is -6.66. The molecule has 0 spiro atoms. The molecule has 2 aromatic carbocycles. The second-order valence-corrected chi connectivity index (χ2v) is 9.90. The Morgan fingerprint density at radius 1 is 0.500 bits per heavy atom. The van der Waals surface area contributed by atoms with Gasteiger partial charge in [-0.15, -0.1) is 0 Å². The molecular formula is C34H24O12. The lowest BCUT2D eigenvalue weighted by molar-refractivity contribution is -0.144. The molecule has 2 aliphatic rings. The highest BCUT2D eigenvalue weighted by Crippen LogP contribution is 2.36. The number of aliphatic carboxylic acids is 6. The second kappa shape index (κ2) is 14.2. The van der Waals surface area contributed by atoms with Crippen LogP contribution in [0.25, 0.3) is 0 Å². The molecule has 6 N–H and O–H groups in total. The van der Waals surface area contributed by atoms with Crippen LogP contribution in [0.4, 0.5) is 0 Å². The SMILES string of the molecule is O=C(O)C1=CC(C#Cc2ccccc2)(C(=O)O)CC(C(=O)O)=C1.O=C(O)C1=CC(C#Cc2ccccc2)(C(=O)O)CC(C(=O)O)=C1. The maximum absolute atomic E-state index is 11.7. The lowest BCUT2D eigenvalue weighted by atomic mass is 9.76. The Morgan fingerprint density at radius 3 is 1.09 bits per heavy atom. The first-order chi connectivity index (χ1) is 21.7. The Morgan fingerprint density at radius 2 is 0.826 bits per heavy atom. The van der Waals surface area contributed by atoms with E-state index < -0.39 is 70.6 Å². The van der Waals surface area contributed by atoms with Gasteiger partial charge in [-0.1, -0.05) is 60.1 Å². The Balaban J connectivity index is 0.000000250. The topological polar surface area (TPSA) is 224 Å². The third-order valence-corrected chi connectivity index (χ3v) is 6.62. The van der Waals surface area contributed by atoms with Gasteiger partial charge in [0.1, 0.15) is 0 Å². The molecule has 0 fully saturated rings. The average molecular weight is 625 g/mol. The fraction of sp³-hybridized carbons (Fsp3) is 0.118. The zero-order chi connectivity index (χ0) is 34.1. The van der Waals surface area contributed by atoms with E-state index in [-0.39, 0.29) is 11.1 Å². The van der Waals surface area contributed by atoms with Crippen LogP contribution in [-0.2, 0) is 28.8 Å². The number of hydrogen-bond acceptors (Lipinski definition) is 6. The monoisotopic (exact) mass is 624 g/mol. The van der Waals surface area contributed by atoms with Crippen molar-refractivity contribution in [2.75, 3.05) is 0 Å². The molecule has 46 heavy (non-hydrogen) atoms. The number of hydrogen-bond donors (Lipinski definition) is 6. The van der Waals surface area contributed by atoms with E-state index in [9.17, 15) is 39.0 Å². The van der Waals surface area contributed by atoms with Gasteiger partial charge in [0.2, 0.25) is 0 Å². The molecule has 0 radical (unpaired) electrons. The predicted octanol–water partition coefficient (Wildman–Crippen LogP) is 3.07. The summed E-state index contributed by atoms with van der Waals surface area (Å²) in [6, 6.07) is 17.1. The number of benzene rings is 2. The summed E-state index contributed by atoms with van der Waals surface area (Å²) in [6.07, 6.45) is 3.06. The van der Waals surface area contributed by atoms with Crippen molar-refractivity contribution in [1.82, 2.24) is 0 Å². The zero-order valence-electron chi connectivity index (χ0n) is 23.6. The molecule has 232 valence electrons. The van der Waals surface area contributed by atoms with Crippen LogP contribution in [0.1, 0.15) is 24.0 Å². The van der Waals surface area contributed by atoms with Crippen LogP contribution < -0.4 is 0 Å². The van der Waals surface area contributed by atoms with Gasteiger partial charge in [-0.3, -0.25) is 9.59 Å².